The van der Waals surface area contributed by atoms with Gasteiger partial charge in [-0.1, -0.05) is 18.2 Å². The molecular formula is C29H32F2N6O4. The van der Waals surface area contributed by atoms with E-state index >= 15 is 0 Å². The lowest BCUT2D eigenvalue weighted by Crippen LogP contribution is -2.44. The molecule has 2 aromatic carbocycles. The number of rotatable bonds is 9. The zero-order valence-corrected chi connectivity index (χ0v) is 23.2. The van der Waals surface area contributed by atoms with Crippen LogP contribution in [0.15, 0.2) is 54.9 Å². The molecule has 0 saturated heterocycles. The first-order valence-electron chi connectivity index (χ1n) is 13.1. The summed E-state index contributed by atoms with van der Waals surface area (Å²) in [5.41, 5.74) is 7.43. The van der Waals surface area contributed by atoms with Gasteiger partial charge in [-0.2, -0.15) is 8.78 Å². The van der Waals surface area contributed by atoms with Gasteiger partial charge in [-0.3, -0.25) is 4.57 Å². The molecule has 0 aliphatic heterocycles. The monoisotopic (exact) mass is 566 g/mol. The van der Waals surface area contributed by atoms with E-state index in [4.69, 9.17) is 19.9 Å². The normalized spacial score (nSPS) is 14.1. The van der Waals surface area contributed by atoms with E-state index in [1.807, 2.05) is 0 Å². The third-order valence-electron chi connectivity index (χ3n) is 6.58. The van der Waals surface area contributed by atoms with Gasteiger partial charge in [-0.05, 0) is 51.8 Å². The van der Waals surface area contributed by atoms with Crippen molar-refractivity contribution < 1.29 is 27.8 Å². The van der Waals surface area contributed by atoms with Gasteiger partial charge in [0.05, 0.1) is 35.2 Å². The summed E-state index contributed by atoms with van der Waals surface area (Å²) in [7, 11) is 1.50. The van der Waals surface area contributed by atoms with Crippen LogP contribution in [0.2, 0.25) is 0 Å². The standard InChI is InChI=1S/C29H32F2N6O4/c1-28(2,3)41-27(38)36-29(10-11-29)16-40-23-14-24(39-4)21(13-19(23)32)35-26-33-12-9-20(34-26)18-15-37(25(30)31)22-8-6-5-7-17(18)22/h5-9,12-15,25H,10-11,16,32H2,1-4H3,(H,36,38)(H,33,34,35). The number of halogens is 2. The van der Waals surface area contributed by atoms with Crippen LogP contribution in [0.5, 0.6) is 11.5 Å². The van der Waals surface area contributed by atoms with Gasteiger partial charge in [-0.15, -0.1) is 0 Å². The van der Waals surface area contributed by atoms with Gasteiger partial charge in [0, 0.05) is 29.4 Å². The van der Waals surface area contributed by atoms with Crippen molar-refractivity contribution in [3.8, 4) is 22.8 Å². The number of aromatic nitrogens is 3. The molecule has 1 fully saturated rings. The number of amides is 1. The topological polar surface area (TPSA) is 126 Å². The molecule has 0 atom stereocenters. The fourth-order valence-corrected chi connectivity index (χ4v) is 4.42. The first-order chi connectivity index (χ1) is 19.5. The van der Waals surface area contributed by atoms with Crippen LogP contribution in [-0.4, -0.2) is 45.5 Å². The van der Waals surface area contributed by atoms with E-state index in [9.17, 15) is 13.6 Å². The van der Waals surface area contributed by atoms with Crippen LogP contribution in [0.4, 0.5) is 30.9 Å². The van der Waals surface area contributed by atoms with Gasteiger partial charge in [0.2, 0.25) is 5.95 Å². The highest BCUT2D eigenvalue weighted by Crippen LogP contribution is 2.40. The van der Waals surface area contributed by atoms with Gasteiger partial charge in [-0.25, -0.2) is 14.8 Å². The molecule has 4 aromatic rings. The molecule has 0 bridgehead atoms. The van der Waals surface area contributed by atoms with Crippen molar-refractivity contribution in [2.75, 3.05) is 24.8 Å². The molecule has 1 aliphatic rings. The highest BCUT2D eigenvalue weighted by Gasteiger charge is 2.46. The number of alkyl halides is 2. The molecular weight excluding hydrogens is 534 g/mol. The van der Waals surface area contributed by atoms with Crippen molar-refractivity contribution >= 4 is 34.3 Å². The van der Waals surface area contributed by atoms with Crippen LogP contribution >= 0.6 is 0 Å². The number of anilines is 3. The number of hydrogen-bond donors (Lipinski definition) is 3. The average Bonchev–Trinajstić information content (AvgIpc) is 3.55. The lowest BCUT2D eigenvalue weighted by Gasteiger charge is -2.24. The summed E-state index contributed by atoms with van der Waals surface area (Å²) >= 11 is 0. The number of fused-ring (bicyclic) bond motifs is 1. The minimum absolute atomic E-state index is 0.212. The zero-order chi connectivity index (χ0) is 29.4. The number of nitrogens with two attached hydrogens (primary N) is 1. The molecule has 1 amide bonds. The molecule has 2 heterocycles. The van der Waals surface area contributed by atoms with E-state index in [0.717, 1.165) is 17.4 Å². The second-order valence-corrected chi connectivity index (χ2v) is 10.9. The Hall–Kier alpha value is -4.61. The summed E-state index contributed by atoms with van der Waals surface area (Å²) in [6, 6.07) is 11.8. The molecule has 12 heteroatoms. The molecule has 0 unspecified atom stereocenters. The molecule has 2 aromatic heterocycles. The summed E-state index contributed by atoms with van der Waals surface area (Å²) in [6.45, 7) is 2.93. The number of nitrogens with one attached hydrogen (secondary N) is 2. The summed E-state index contributed by atoms with van der Waals surface area (Å²) < 4.78 is 45.1. The number of carbonyl (C=O) groups excluding carboxylic acids is 1. The van der Waals surface area contributed by atoms with Gasteiger partial charge >= 0.3 is 12.6 Å². The Balaban J connectivity index is 1.33. The van der Waals surface area contributed by atoms with Crippen LogP contribution in [-0.2, 0) is 4.74 Å². The minimum atomic E-state index is -2.69. The van der Waals surface area contributed by atoms with E-state index in [1.165, 1.54) is 13.3 Å². The highest BCUT2D eigenvalue weighted by atomic mass is 19.3. The Morgan fingerprint density at radius 3 is 2.61 bits per heavy atom. The number of methoxy groups -OCH3 is 1. The number of carbonyl (C=O) groups is 1. The fraction of sp³-hybridized carbons (Fsp3) is 0.345. The highest BCUT2D eigenvalue weighted by molar-refractivity contribution is 5.95. The number of para-hydroxylation sites is 1. The van der Waals surface area contributed by atoms with Crippen molar-refractivity contribution in [2.45, 2.75) is 51.3 Å². The van der Waals surface area contributed by atoms with Crippen molar-refractivity contribution in [2.24, 2.45) is 0 Å². The van der Waals surface area contributed by atoms with Crippen molar-refractivity contribution in [1.82, 2.24) is 19.9 Å². The second-order valence-electron chi connectivity index (χ2n) is 10.9. The van der Waals surface area contributed by atoms with Gasteiger partial charge in [0.15, 0.2) is 0 Å². The van der Waals surface area contributed by atoms with E-state index < -0.39 is 23.8 Å². The maximum Gasteiger partial charge on any atom is 0.408 e. The van der Waals surface area contributed by atoms with Crippen LogP contribution in [0.25, 0.3) is 22.2 Å². The first-order valence-corrected chi connectivity index (χ1v) is 13.1. The number of nitrogens with zero attached hydrogens (tertiary/aromatic N) is 3. The molecule has 216 valence electrons. The van der Waals surface area contributed by atoms with E-state index in [2.05, 4.69) is 20.6 Å². The van der Waals surface area contributed by atoms with E-state index in [0.29, 0.717) is 45.0 Å². The van der Waals surface area contributed by atoms with E-state index in [-0.39, 0.29) is 12.6 Å². The Bertz CT molecular complexity index is 1580. The van der Waals surface area contributed by atoms with Crippen molar-refractivity contribution in [1.29, 1.82) is 0 Å². The molecule has 41 heavy (non-hydrogen) atoms. The summed E-state index contributed by atoms with van der Waals surface area (Å²) in [4.78, 5) is 21.1. The quantitative estimate of drug-likeness (QED) is 0.203. The average molecular weight is 567 g/mol. The molecule has 4 N–H and O–H groups in total. The third kappa shape index (κ3) is 6.26. The smallest absolute Gasteiger partial charge is 0.408 e. The van der Waals surface area contributed by atoms with Crippen LogP contribution in [0.1, 0.15) is 40.2 Å². The van der Waals surface area contributed by atoms with Crippen LogP contribution < -0.4 is 25.8 Å². The summed E-state index contributed by atoms with van der Waals surface area (Å²) in [5, 5.41) is 6.64. The predicted octanol–water partition coefficient (Wildman–Crippen LogP) is 6.26. The molecule has 5 rings (SSSR count). The van der Waals surface area contributed by atoms with Crippen LogP contribution in [0, 0.1) is 0 Å². The van der Waals surface area contributed by atoms with Crippen molar-refractivity contribution in [3.05, 3.63) is 54.9 Å². The second kappa shape index (κ2) is 10.8. The minimum Gasteiger partial charge on any atom is -0.494 e. The molecule has 1 saturated carbocycles. The lowest BCUT2D eigenvalue weighted by molar-refractivity contribution is 0.0477. The Labute approximate surface area is 235 Å². The number of benzene rings is 2. The largest absolute Gasteiger partial charge is 0.494 e. The molecule has 1 aliphatic carbocycles. The van der Waals surface area contributed by atoms with Gasteiger partial charge in [0.1, 0.15) is 23.7 Å². The van der Waals surface area contributed by atoms with E-state index in [1.54, 1.807) is 69.4 Å². The number of hydrogen-bond acceptors (Lipinski definition) is 8. The number of ether oxygens (including phenoxy) is 3. The van der Waals surface area contributed by atoms with Crippen molar-refractivity contribution in [3.63, 3.8) is 0 Å². The predicted molar refractivity (Wildman–Crippen MR) is 152 cm³/mol. The summed E-state index contributed by atoms with van der Waals surface area (Å²) in [6.07, 6.45) is 3.94. The Morgan fingerprint density at radius 2 is 1.93 bits per heavy atom. The SMILES string of the molecule is COc1cc(OCC2(NC(=O)OC(C)(C)C)CC2)c(N)cc1Nc1nccc(-c2cn(C(F)F)c3ccccc23)n1. The maximum absolute atomic E-state index is 13.6. The van der Waals surface area contributed by atoms with Gasteiger partial charge in [0.25, 0.3) is 0 Å². The first kappa shape index (κ1) is 27.9. The molecule has 0 spiro atoms. The number of nitrogen functional groups attached to an aromatic ring is 1. The van der Waals surface area contributed by atoms with Crippen LogP contribution in [0.3, 0.4) is 0 Å². The Morgan fingerprint density at radius 1 is 1.17 bits per heavy atom. The number of alkyl carbamates (subject to hydrolysis) is 1. The third-order valence-corrected chi connectivity index (χ3v) is 6.58. The fourth-order valence-electron chi connectivity index (χ4n) is 4.42. The zero-order valence-electron chi connectivity index (χ0n) is 23.2. The Kier molecular flexibility index (Phi) is 7.33. The summed E-state index contributed by atoms with van der Waals surface area (Å²) in [5.74, 6) is 1.03. The molecule has 0 radical (unpaired) electrons. The maximum atomic E-state index is 13.6. The molecule has 10 nitrogen and oxygen atoms in total. The van der Waals surface area contributed by atoms with Gasteiger partial charge < -0.3 is 30.6 Å². The lowest BCUT2D eigenvalue weighted by atomic mass is 10.1.